The predicted molar refractivity (Wildman–Crippen MR) is 91.4 cm³/mol. The lowest BCUT2D eigenvalue weighted by atomic mass is 10.0. The Kier molecular flexibility index (Phi) is 5.14. The second kappa shape index (κ2) is 6.71. The number of aryl methyl sites for hydroxylation is 1. The summed E-state index contributed by atoms with van der Waals surface area (Å²) in [6.45, 7) is 7.01. The van der Waals surface area contributed by atoms with E-state index in [-0.39, 0.29) is 16.8 Å². The first-order valence-corrected chi connectivity index (χ1v) is 8.23. The van der Waals surface area contributed by atoms with E-state index < -0.39 is 0 Å². The second-order valence-corrected chi connectivity index (χ2v) is 7.11. The predicted octanol–water partition coefficient (Wildman–Crippen LogP) is 4.85. The molecule has 1 aromatic carbocycles. The fourth-order valence-electron chi connectivity index (χ4n) is 2.50. The molecule has 0 amide bonds. The smallest absolute Gasteiger partial charge is 0.192 e. The number of hydrogen-bond acceptors (Lipinski definition) is 3. The van der Waals surface area contributed by atoms with Gasteiger partial charge < -0.3 is 4.98 Å². The number of carbonyl (C=O) groups excluding carboxylic acids is 2. The summed E-state index contributed by atoms with van der Waals surface area (Å²) in [6, 6.07) is 7.40. The molecule has 0 saturated carbocycles. The molecule has 5 heteroatoms. The average molecular weight is 336 g/mol. The molecule has 0 unspecified atom stereocenters. The number of H-pyrrole nitrogens is 1. The zero-order valence-corrected chi connectivity index (χ0v) is 14.6. The van der Waals surface area contributed by atoms with Crippen LogP contribution in [-0.2, 0) is 0 Å². The molecule has 0 fully saturated rings. The third kappa shape index (κ3) is 3.45. The summed E-state index contributed by atoms with van der Waals surface area (Å²) >= 11 is 7.34. The molecule has 0 saturated heterocycles. The van der Waals surface area contributed by atoms with Gasteiger partial charge in [0.15, 0.2) is 11.6 Å². The lowest BCUT2D eigenvalue weighted by Crippen LogP contribution is -2.15. The summed E-state index contributed by atoms with van der Waals surface area (Å²) in [6.07, 6.45) is 0. The van der Waals surface area contributed by atoms with Crippen LogP contribution in [0, 0.1) is 13.8 Å². The van der Waals surface area contributed by atoms with E-state index in [0.717, 1.165) is 16.2 Å². The highest BCUT2D eigenvalue weighted by atomic mass is 35.5. The van der Waals surface area contributed by atoms with E-state index in [9.17, 15) is 9.59 Å². The minimum atomic E-state index is -0.252. The number of aromatic nitrogens is 1. The molecule has 2 rings (SSSR count). The van der Waals surface area contributed by atoms with Crippen LogP contribution in [0.2, 0.25) is 5.02 Å². The van der Waals surface area contributed by atoms with Crippen LogP contribution in [0.5, 0.6) is 0 Å². The van der Waals surface area contributed by atoms with Gasteiger partial charge in [0.05, 0.1) is 10.9 Å². The van der Waals surface area contributed by atoms with Gasteiger partial charge in [-0.15, -0.1) is 11.8 Å². The van der Waals surface area contributed by atoms with Crippen molar-refractivity contribution in [3.05, 3.63) is 51.8 Å². The fraction of sp³-hybridized carbons (Fsp3) is 0.294. The van der Waals surface area contributed by atoms with Crippen LogP contribution in [0.25, 0.3) is 0 Å². The summed E-state index contributed by atoms with van der Waals surface area (Å²) in [5.74, 6) is -0.0312. The molecular weight excluding hydrogens is 318 g/mol. The van der Waals surface area contributed by atoms with Crippen molar-refractivity contribution in [1.82, 2.24) is 4.98 Å². The first-order valence-electron chi connectivity index (χ1n) is 6.97. The molecule has 0 spiro atoms. The Morgan fingerprint density at radius 2 is 1.77 bits per heavy atom. The number of aromatic amines is 1. The largest absolute Gasteiger partial charge is 0.355 e. The van der Waals surface area contributed by atoms with Crippen LogP contribution in [0.4, 0.5) is 0 Å². The number of carbonyl (C=O) groups is 2. The maximum atomic E-state index is 12.6. The van der Waals surface area contributed by atoms with Gasteiger partial charge >= 0.3 is 0 Å². The maximum absolute atomic E-state index is 12.6. The number of halogens is 1. The van der Waals surface area contributed by atoms with Crippen molar-refractivity contribution in [3.8, 4) is 0 Å². The zero-order chi connectivity index (χ0) is 16.4. The Morgan fingerprint density at radius 3 is 2.27 bits per heavy atom. The van der Waals surface area contributed by atoms with Crippen LogP contribution in [0.1, 0.15) is 46.0 Å². The Hall–Kier alpha value is -1.52. The van der Waals surface area contributed by atoms with Gasteiger partial charge in [-0.1, -0.05) is 11.6 Å². The molecule has 2 aromatic rings. The second-order valence-electron chi connectivity index (χ2n) is 5.26. The Balaban J connectivity index is 2.22. The molecule has 116 valence electrons. The quantitative estimate of drug-likeness (QED) is 0.627. The molecule has 0 aliphatic heterocycles. The van der Waals surface area contributed by atoms with Crippen molar-refractivity contribution in [2.24, 2.45) is 0 Å². The van der Waals surface area contributed by atoms with Crippen LogP contribution >= 0.6 is 23.4 Å². The summed E-state index contributed by atoms with van der Waals surface area (Å²) in [7, 11) is 0. The molecule has 0 bridgehead atoms. The van der Waals surface area contributed by atoms with Gasteiger partial charge in [-0.05, 0) is 57.5 Å². The minimum absolute atomic E-state index is 0.00644. The highest BCUT2D eigenvalue weighted by molar-refractivity contribution is 8.00. The Labute approximate surface area is 139 Å². The van der Waals surface area contributed by atoms with Crippen molar-refractivity contribution in [2.75, 3.05) is 0 Å². The fourth-order valence-corrected chi connectivity index (χ4v) is 3.55. The first-order chi connectivity index (χ1) is 10.3. The number of ketones is 2. The van der Waals surface area contributed by atoms with Gasteiger partial charge in [-0.25, -0.2) is 0 Å². The molecule has 1 N–H and O–H groups in total. The van der Waals surface area contributed by atoms with Gasteiger partial charge in [0.25, 0.3) is 0 Å². The number of thioether (sulfide) groups is 1. The van der Waals surface area contributed by atoms with Gasteiger partial charge in [0.2, 0.25) is 0 Å². The zero-order valence-electron chi connectivity index (χ0n) is 13.0. The van der Waals surface area contributed by atoms with Gasteiger partial charge in [0.1, 0.15) is 0 Å². The van der Waals surface area contributed by atoms with E-state index in [0.29, 0.717) is 16.3 Å². The monoisotopic (exact) mass is 335 g/mol. The summed E-state index contributed by atoms with van der Waals surface area (Å²) in [4.78, 5) is 28.4. The SMILES string of the molecule is CC(=O)c1c(C)[nH]c(C(=O)[C@H](C)Sc2ccc(Cl)cc2)c1C. The summed E-state index contributed by atoms with van der Waals surface area (Å²) in [5.41, 5.74) is 2.62. The molecule has 22 heavy (non-hydrogen) atoms. The van der Waals surface area contributed by atoms with Crippen LogP contribution in [0.3, 0.4) is 0 Å². The van der Waals surface area contributed by atoms with Crippen molar-refractivity contribution < 1.29 is 9.59 Å². The summed E-state index contributed by atoms with van der Waals surface area (Å²) < 4.78 is 0. The van der Waals surface area contributed by atoms with Gasteiger partial charge in [0, 0.05) is 21.2 Å². The van der Waals surface area contributed by atoms with E-state index in [1.54, 1.807) is 12.1 Å². The van der Waals surface area contributed by atoms with E-state index in [1.165, 1.54) is 18.7 Å². The molecular formula is C17H18ClNO2S. The molecule has 0 radical (unpaired) electrons. The Morgan fingerprint density at radius 1 is 1.18 bits per heavy atom. The molecule has 1 atom stereocenters. The number of rotatable bonds is 5. The van der Waals surface area contributed by atoms with Crippen molar-refractivity contribution >= 4 is 34.9 Å². The maximum Gasteiger partial charge on any atom is 0.192 e. The van der Waals surface area contributed by atoms with E-state index in [2.05, 4.69) is 4.98 Å². The average Bonchev–Trinajstić information content (AvgIpc) is 2.75. The summed E-state index contributed by atoms with van der Waals surface area (Å²) in [5, 5.41) is 0.419. The Bertz CT molecular complexity index is 719. The van der Waals surface area contributed by atoms with Crippen molar-refractivity contribution in [3.63, 3.8) is 0 Å². The van der Waals surface area contributed by atoms with Crippen molar-refractivity contribution in [2.45, 2.75) is 37.8 Å². The van der Waals surface area contributed by atoms with E-state index in [4.69, 9.17) is 11.6 Å². The van der Waals surface area contributed by atoms with Crippen LogP contribution in [-0.4, -0.2) is 21.8 Å². The first kappa shape index (κ1) is 16.8. The number of nitrogens with one attached hydrogen (secondary N) is 1. The van der Waals surface area contributed by atoms with Crippen molar-refractivity contribution in [1.29, 1.82) is 0 Å². The standard InChI is InChI=1S/C17H18ClNO2S/c1-9-15(11(3)20)10(2)19-16(9)17(21)12(4)22-14-7-5-13(18)6-8-14/h5-8,12,19H,1-4H3/t12-/m0/s1. The molecule has 1 aromatic heterocycles. The highest BCUT2D eigenvalue weighted by Gasteiger charge is 2.24. The highest BCUT2D eigenvalue weighted by Crippen LogP contribution is 2.28. The normalized spacial score (nSPS) is 12.2. The third-order valence-corrected chi connectivity index (χ3v) is 4.90. The van der Waals surface area contributed by atoms with Crippen LogP contribution in [0.15, 0.2) is 29.2 Å². The topological polar surface area (TPSA) is 49.9 Å². The number of benzene rings is 1. The lowest BCUT2D eigenvalue weighted by molar-refractivity contribution is 0.0988. The van der Waals surface area contributed by atoms with Crippen LogP contribution < -0.4 is 0 Å². The number of Topliss-reactive ketones (excluding diaryl/α,β-unsaturated/α-hetero) is 2. The minimum Gasteiger partial charge on any atom is -0.355 e. The molecule has 0 aliphatic rings. The van der Waals surface area contributed by atoms with E-state index >= 15 is 0 Å². The van der Waals surface area contributed by atoms with Gasteiger partial charge in [-0.2, -0.15) is 0 Å². The molecule has 3 nitrogen and oxygen atoms in total. The van der Waals surface area contributed by atoms with Gasteiger partial charge in [-0.3, -0.25) is 9.59 Å². The lowest BCUT2D eigenvalue weighted by Gasteiger charge is -2.10. The molecule has 0 aliphatic carbocycles. The molecule has 1 heterocycles. The van der Waals surface area contributed by atoms with E-state index in [1.807, 2.05) is 32.9 Å². The number of hydrogen-bond donors (Lipinski definition) is 1. The third-order valence-electron chi connectivity index (χ3n) is 3.53.